The van der Waals surface area contributed by atoms with Gasteiger partial charge in [0.15, 0.2) is 0 Å². The zero-order chi connectivity index (χ0) is 25.5. The fourth-order valence-corrected chi connectivity index (χ4v) is 3.88. The molecule has 3 aromatic heterocycles. The molecule has 4 rings (SSSR count). The van der Waals surface area contributed by atoms with Crippen molar-refractivity contribution in [3.63, 3.8) is 0 Å². The number of ether oxygens (including phenoxy) is 2. The maximum atomic E-state index is 13.3. The number of para-hydroxylation sites is 1. The molecule has 0 saturated carbocycles. The van der Waals surface area contributed by atoms with E-state index in [1.807, 2.05) is 12.1 Å². The largest absolute Gasteiger partial charge is 0.495 e. The number of nitrogens with zero attached hydrogens (tertiary/aromatic N) is 3. The Kier molecular flexibility index (Phi) is 6.07. The summed E-state index contributed by atoms with van der Waals surface area (Å²) in [6, 6.07) is 8.82. The monoisotopic (exact) mass is 488 g/mol. The van der Waals surface area contributed by atoms with Crippen molar-refractivity contribution in [2.75, 3.05) is 7.11 Å². The second-order valence-corrected chi connectivity index (χ2v) is 7.67. The van der Waals surface area contributed by atoms with Crippen molar-refractivity contribution in [1.29, 1.82) is 0 Å². The highest BCUT2D eigenvalue weighted by atomic mass is 19.4. The smallest absolute Gasteiger partial charge is 0.491 e. The molecule has 0 fully saturated rings. The first-order chi connectivity index (χ1) is 16.5. The van der Waals surface area contributed by atoms with Crippen LogP contribution in [0.1, 0.15) is 5.69 Å². The molecule has 2 N–H and O–H groups in total. The molecule has 3 heterocycles. The van der Waals surface area contributed by atoms with Crippen LogP contribution in [0.2, 0.25) is 0 Å². The summed E-state index contributed by atoms with van der Waals surface area (Å²) in [5.74, 6) is -3.80. The Bertz CT molecular complexity index is 1520. The van der Waals surface area contributed by atoms with Crippen LogP contribution in [0.25, 0.3) is 27.7 Å². The third-order valence-electron chi connectivity index (χ3n) is 5.52. The van der Waals surface area contributed by atoms with Gasteiger partial charge >= 0.3 is 18.1 Å². The number of alkyl halides is 3. The van der Waals surface area contributed by atoms with Crippen LogP contribution in [0.15, 0.2) is 53.6 Å². The molecule has 0 unspecified atom stereocenters. The first-order valence-electron chi connectivity index (χ1n) is 10.2. The summed E-state index contributed by atoms with van der Waals surface area (Å²) < 4.78 is 49.6. The van der Waals surface area contributed by atoms with Gasteiger partial charge in [-0.25, -0.2) is 14.6 Å². The molecule has 182 valence electrons. The molecule has 0 spiro atoms. The van der Waals surface area contributed by atoms with Crippen molar-refractivity contribution in [1.82, 2.24) is 14.0 Å². The molecule has 1 atom stereocenters. The number of aromatic nitrogens is 3. The highest BCUT2D eigenvalue weighted by molar-refractivity contribution is 5.95. The number of esters is 2. The molecule has 35 heavy (non-hydrogen) atoms. The number of methoxy groups -OCH3 is 1. The lowest BCUT2D eigenvalue weighted by Gasteiger charge is -2.17. The zero-order valence-corrected chi connectivity index (χ0v) is 18.5. The summed E-state index contributed by atoms with van der Waals surface area (Å²) in [4.78, 5) is 40.5. The van der Waals surface area contributed by atoms with Crippen molar-refractivity contribution < 1.29 is 32.2 Å². The van der Waals surface area contributed by atoms with Gasteiger partial charge in [-0.05, 0) is 24.3 Å². The van der Waals surface area contributed by atoms with E-state index in [1.165, 1.54) is 17.9 Å². The molecule has 1 aromatic carbocycles. The molecule has 12 heteroatoms. The number of nitrogens with two attached hydrogens (primary N) is 1. The van der Waals surface area contributed by atoms with Crippen LogP contribution in [0.3, 0.4) is 0 Å². The van der Waals surface area contributed by atoms with E-state index in [0.29, 0.717) is 33.6 Å². The Labute approximate surface area is 195 Å². The highest BCUT2D eigenvalue weighted by Gasteiger charge is 2.43. The van der Waals surface area contributed by atoms with Crippen molar-refractivity contribution in [2.45, 2.75) is 18.6 Å². The van der Waals surface area contributed by atoms with Gasteiger partial charge in [0, 0.05) is 42.5 Å². The molecule has 0 aliphatic carbocycles. The standard InChI is InChI=1S/C23H19F3N4O5/c1-29-16-6-4-3-5-13(16)18(34-2)17(20(29)31)14-8-7-12(30-10-9-28-19(14)30)11-15(27)21(32)35-22(33)23(24,25)26/h3-10,15H,11,27H2,1-2H3/t15-/m0/s1. The summed E-state index contributed by atoms with van der Waals surface area (Å²) in [6.45, 7) is 0. The van der Waals surface area contributed by atoms with Gasteiger partial charge in [-0.1, -0.05) is 12.1 Å². The number of fused-ring (bicyclic) bond motifs is 2. The fraction of sp³-hybridized carbons (Fsp3) is 0.217. The van der Waals surface area contributed by atoms with Crippen LogP contribution in [0.4, 0.5) is 13.2 Å². The van der Waals surface area contributed by atoms with Crippen LogP contribution in [0, 0.1) is 0 Å². The number of carbonyl (C=O) groups excluding carboxylic acids is 2. The summed E-state index contributed by atoms with van der Waals surface area (Å²) in [5, 5.41) is 0.708. The van der Waals surface area contributed by atoms with Gasteiger partial charge in [-0.15, -0.1) is 0 Å². The number of benzene rings is 1. The Morgan fingerprint density at radius 2 is 1.89 bits per heavy atom. The Balaban J connectivity index is 1.77. The van der Waals surface area contributed by atoms with Crippen molar-refractivity contribution >= 4 is 28.5 Å². The fourth-order valence-electron chi connectivity index (χ4n) is 3.88. The molecular formula is C23H19F3N4O5. The topological polar surface area (TPSA) is 118 Å². The summed E-state index contributed by atoms with van der Waals surface area (Å²) >= 11 is 0. The van der Waals surface area contributed by atoms with E-state index >= 15 is 0 Å². The van der Waals surface area contributed by atoms with Crippen LogP contribution in [-0.4, -0.2) is 45.2 Å². The first-order valence-corrected chi connectivity index (χ1v) is 10.2. The molecule has 0 aliphatic rings. The molecule has 0 saturated heterocycles. The highest BCUT2D eigenvalue weighted by Crippen LogP contribution is 2.35. The number of carbonyl (C=O) groups is 2. The minimum atomic E-state index is -5.32. The molecule has 0 amide bonds. The third kappa shape index (κ3) is 4.23. The first kappa shape index (κ1) is 24.0. The normalized spacial score (nSPS) is 12.6. The van der Waals surface area contributed by atoms with Gasteiger partial charge < -0.3 is 24.2 Å². The lowest BCUT2D eigenvalue weighted by atomic mass is 10.0. The second kappa shape index (κ2) is 8.87. The van der Waals surface area contributed by atoms with Gasteiger partial charge in [0.2, 0.25) is 0 Å². The molecule has 0 aliphatic heterocycles. The average molecular weight is 488 g/mol. The number of halogens is 3. The number of imidazole rings is 1. The molecule has 0 bridgehead atoms. The third-order valence-corrected chi connectivity index (χ3v) is 5.52. The Morgan fingerprint density at radius 3 is 2.57 bits per heavy atom. The summed E-state index contributed by atoms with van der Waals surface area (Å²) in [6.07, 6.45) is -2.58. The number of rotatable bonds is 5. The van der Waals surface area contributed by atoms with E-state index in [-0.39, 0.29) is 17.5 Å². The Hall–Kier alpha value is -4.19. The SMILES string of the molecule is COc1c(-c2ccc(C[C@H](N)C(=O)OC(=O)C(F)(F)F)n3ccnc23)c(=O)n(C)c2ccccc12. The molecule has 9 nitrogen and oxygen atoms in total. The number of hydrogen-bond donors (Lipinski definition) is 1. The second-order valence-electron chi connectivity index (χ2n) is 7.67. The number of aryl methyl sites for hydroxylation is 1. The maximum absolute atomic E-state index is 13.3. The lowest BCUT2D eigenvalue weighted by molar-refractivity contribution is -0.202. The van der Waals surface area contributed by atoms with E-state index in [1.54, 1.807) is 41.9 Å². The number of hydrogen-bond acceptors (Lipinski definition) is 7. The van der Waals surface area contributed by atoms with Crippen molar-refractivity contribution in [3.8, 4) is 16.9 Å². The van der Waals surface area contributed by atoms with E-state index in [4.69, 9.17) is 10.5 Å². The minimum Gasteiger partial charge on any atom is -0.495 e. The summed E-state index contributed by atoms with van der Waals surface area (Å²) in [7, 11) is 3.09. The van der Waals surface area contributed by atoms with Crippen LogP contribution >= 0.6 is 0 Å². The van der Waals surface area contributed by atoms with Crippen LogP contribution < -0.4 is 16.0 Å². The van der Waals surface area contributed by atoms with Gasteiger partial charge in [-0.2, -0.15) is 13.2 Å². The summed E-state index contributed by atoms with van der Waals surface area (Å²) in [5.41, 5.74) is 7.46. The minimum absolute atomic E-state index is 0.260. The van der Waals surface area contributed by atoms with E-state index in [2.05, 4.69) is 9.72 Å². The quantitative estimate of drug-likeness (QED) is 0.339. The van der Waals surface area contributed by atoms with Crippen LogP contribution in [-0.2, 0) is 27.8 Å². The predicted octanol–water partition coefficient (Wildman–Crippen LogP) is 2.36. The van der Waals surface area contributed by atoms with Gasteiger partial charge in [0.05, 0.1) is 18.2 Å². The van der Waals surface area contributed by atoms with Crippen molar-refractivity contribution in [2.24, 2.45) is 12.8 Å². The van der Waals surface area contributed by atoms with Gasteiger partial charge in [0.25, 0.3) is 5.56 Å². The maximum Gasteiger partial charge on any atom is 0.491 e. The van der Waals surface area contributed by atoms with E-state index in [0.717, 1.165) is 0 Å². The number of pyridine rings is 2. The van der Waals surface area contributed by atoms with Crippen molar-refractivity contribution in [3.05, 3.63) is 64.8 Å². The van der Waals surface area contributed by atoms with Crippen LogP contribution in [0.5, 0.6) is 5.75 Å². The van der Waals surface area contributed by atoms with Gasteiger partial charge in [0.1, 0.15) is 17.4 Å². The Morgan fingerprint density at radius 1 is 1.17 bits per heavy atom. The predicted molar refractivity (Wildman–Crippen MR) is 119 cm³/mol. The van der Waals surface area contributed by atoms with Gasteiger partial charge in [-0.3, -0.25) is 4.79 Å². The molecule has 0 radical (unpaired) electrons. The zero-order valence-electron chi connectivity index (χ0n) is 18.5. The molecular weight excluding hydrogens is 469 g/mol. The average Bonchev–Trinajstić information content (AvgIpc) is 3.31. The molecule has 4 aromatic rings. The lowest BCUT2D eigenvalue weighted by Crippen LogP contribution is -2.39. The van der Waals surface area contributed by atoms with E-state index < -0.39 is 24.2 Å². The van der Waals surface area contributed by atoms with E-state index in [9.17, 15) is 27.6 Å².